The number of anilines is 1. The maximum absolute atomic E-state index is 14.9. The number of hydrogen-bond donors (Lipinski definition) is 3. The molecule has 7 nitrogen and oxygen atoms in total. The summed E-state index contributed by atoms with van der Waals surface area (Å²) in [6.45, 7) is 8.26. The summed E-state index contributed by atoms with van der Waals surface area (Å²) in [5.74, 6) is -2.21. The standard InChI is InChI=1S/C25H31ClF2N4O3SSi/c1-37(2,3)9-8-34-15-32-12-17(26)21-20(4-7-29-23(21)32)35-22-18(27)10-16(11-19(22)28)31-24(36)30-13-25(14-33)5-6-25/h4,7,10-12,33H,5-6,8-9,13-15H2,1-3H3,(H2,30,31,36). The Labute approximate surface area is 226 Å². The molecule has 4 rings (SSSR count). The number of thiocarbonyl (C=S) groups is 1. The second kappa shape index (κ2) is 11.2. The summed E-state index contributed by atoms with van der Waals surface area (Å²) in [4.78, 5) is 4.36. The number of aromatic nitrogens is 2. The number of nitrogens with zero attached hydrogens (tertiary/aromatic N) is 2. The summed E-state index contributed by atoms with van der Waals surface area (Å²) in [6.07, 6.45) is 4.98. The zero-order chi connectivity index (χ0) is 26.8. The van der Waals surface area contributed by atoms with E-state index in [2.05, 4.69) is 35.3 Å². The molecule has 0 amide bonds. The lowest BCUT2D eigenvalue weighted by Gasteiger charge is -2.16. The van der Waals surface area contributed by atoms with Crippen molar-refractivity contribution in [2.45, 2.75) is 45.3 Å². The molecule has 1 fully saturated rings. The molecule has 1 aliphatic carbocycles. The Balaban J connectivity index is 1.46. The Hall–Kier alpha value is -2.31. The van der Waals surface area contributed by atoms with E-state index in [4.69, 9.17) is 33.3 Å². The van der Waals surface area contributed by atoms with E-state index in [0.717, 1.165) is 31.0 Å². The van der Waals surface area contributed by atoms with Gasteiger partial charge in [-0.05, 0) is 37.2 Å². The molecule has 12 heteroatoms. The van der Waals surface area contributed by atoms with Gasteiger partial charge in [0, 0.05) is 56.9 Å². The van der Waals surface area contributed by atoms with Crippen LogP contribution in [0.25, 0.3) is 11.0 Å². The first-order chi connectivity index (χ1) is 17.5. The number of nitrogens with one attached hydrogen (secondary N) is 2. The van der Waals surface area contributed by atoms with Crippen LogP contribution in [0.1, 0.15) is 12.8 Å². The van der Waals surface area contributed by atoms with Crippen LogP contribution in [0.15, 0.2) is 30.6 Å². The number of halogens is 3. The summed E-state index contributed by atoms with van der Waals surface area (Å²) >= 11 is 11.7. The quantitative estimate of drug-likeness (QED) is 0.146. The second-order valence-electron chi connectivity index (χ2n) is 10.6. The van der Waals surface area contributed by atoms with Gasteiger partial charge in [-0.15, -0.1) is 0 Å². The fraction of sp³-hybridized carbons (Fsp3) is 0.440. The van der Waals surface area contributed by atoms with Crippen molar-refractivity contribution in [1.29, 1.82) is 0 Å². The maximum Gasteiger partial charge on any atom is 0.198 e. The van der Waals surface area contributed by atoms with E-state index in [0.29, 0.717) is 29.2 Å². The van der Waals surface area contributed by atoms with Crippen LogP contribution >= 0.6 is 23.8 Å². The number of aliphatic hydroxyl groups is 1. The third kappa shape index (κ3) is 6.96. The van der Waals surface area contributed by atoms with Gasteiger partial charge < -0.3 is 29.8 Å². The Kier molecular flexibility index (Phi) is 8.39. The fourth-order valence-electron chi connectivity index (χ4n) is 3.71. The molecule has 3 N–H and O–H groups in total. The SMILES string of the molecule is C[Si](C)(C)CCOCn1cc(Cl)c2c(Oc3c(F)cc(NC(=S)NCC4(CO)CC4)cc3F)ccnc21. The van der Waals surface area contributed by atoms with Gasteiger partial charge in [-0.25, -0.2) is 13.8 Å². The van der Waals surface area contributed by atoms with Crippen molar-refractivity contribution >= 4 is 53.7 Å². The minimum Gasteiger partial charge on any atom is -0.450 e. The maximum atomic E-state index is 14.9. The van der Waals surface area contributed by atoms with Crippen molar-refractivity contribution in [2.24, 2.45) is 5.41 Å². The van der Waals surface area contributed by atoms with Gasteiger partial charge in [-0.1, -0.05) is 31.2 Å². The van der Waals surface area contributed by atoms with Gasteiger partial charge in [0.1, 0.15) is 18.1 Å². The molecule has 37 heavy (non-hydrogen) atoms. The molecule has 0 aliphatic heterocycles. The molecule has 0 radical (unpaired) electrons. The van der Waals surface area contributed by atoms with Crippen LogP contribution < -0.4 is 15.4 Å². The Bertz CT molecular complexity index is 1270. The molecule has 3 aromatic rings. The average molecular weight is 569 g/mol. The number of benzene rings is 1. The highest BCUT2D eigenvalue weighted by Gasteiger charge is 2.41. The number of hydrogen-bond acceptors (Lipinski definition) is 5. The Morgan fingerprint density at radius 3 is 2.59 bits per heavy atom. The van der Waals surface area contributed by atoms with E-state index in [1.54, 1.807) is 10.8 Å². The normalized spacial score (nSPS) is 14.6. The largest absolute Gasteiger partial charge is 0.450 e. The van der Waals surface area contributed by atoms with Crippen molar-refractivity contribution in [3.8, 4) is 11.5 Å². The predicted molar refractivity (Wildman–Crippen MR) is 148 cm³/mol. The van der Waals surface area contributed by atoms with Gasteiger partial charge in [0.2, 0.25) is 0 Å². The average Bonchev–Trinajstić information content (AvgIpc) is 3.54. The van der Waals surface area contributed by atoms with Gasteiger partial charge in [0.05, 0.1) is 17.0 Å². The third-order valence-electron chi connectivity index (χ3n) is 6.28. The van der Waals surface area contributed by atoms with Crippen LogP contribution in [0, 0.1) is 17.0 Å². The Morgan fingerprint density at radius 2 is 1.97 bits per heavy atom. The molecule has 0 spiro atoms. The number of pyridine rings is 1. The lowest BCUT2D eigenvalue weighted by molar-refractivity contribution is 0.0899. The van der Waals surface area contributed by atoms with Crippen LogP contribution in [-0.2, 0) is 11.5 Å². The molecule has 1 saturated carbocycles. The van der Waals surface area contributed by atoms with E-state index >= 15 is 0 Å². The topological polar surface area (TPSA) is 80.6 Å². The van der Waals surface area contributed by atoms with Gasteiger partial charge in [0.25, 0.3) is 0 Å². The highest BCUT2D eigenvalue weighted by atomic mass is 35.5. The number of fused-ring (bicyclic) bond motifs is 1. The van der Waals surface area contributed by atoms with Gasteiger partial charge in [0.15, 0.2) is 22.5 Å². The van der Waals surface area contributed by atoms with E-state index in [-0.39, 0.29) is 35.3 Å². The molecule has 2 aromatic heterocycles. The summed E-state index contributed by atoms with van der Waals surface area (Å²) in [6, 6.07) is 4.73. The smallest absolute Gasteiger partial charge is 0.198 e. The van der Waals surface area contributed by atoms with Gasteiger partial charge >= 0.3 is 0 Å². The number of rotatable bonds is 11. The molecule has 1 aromatic carbocycles. The van der Waals surface area contributed by atoms with Crippen LogP contribution in [-0.4, -0.2) is 47.6 Å². The van der Waals surface area contributed by atoms with E-state index in [9.17, 15) is 13.9 Å². The second-order valence-corrected chi connectivity index (χ2v) is 17.1. The summed E-state index contributed by atoms with van der Waals surface area (Å²) in [5.41, 5.74) is 0.464. The molecule has 0 unspecified atom stereocenters. The van der Waals surface area contributed by atoms with Crippen molar-refractivity contribution in [3.63, 3.8) is 0 Å². The highest BCUT2D eigenvalue weighted by Crippen LogP contribution is 2.44. The summed E-state index contributed by atoms with van der Waals surface area (Å²) < 4.78 is 43.1. The monoisotopic (exact) mass is 568 g/mol. The zero-order valence-electron chi connectivity index (χ0n) is 21.0. The first-order valence-corrected chi connectivity index (χ1v) is 16.5. The first-order valence-electron chi connectivity index (χ1n) is 12.0. The third-order valence-corrected chi connectivity index (χ3v) is 8.52. The van der Waals surface area contributed by atoms with Crippen LogP contribution in [0.3, 0.4) is 0 Å². The van der Waals surface area contributed by atoms with Gasteiger partial charge in [-0.3, -0.25) is 0 Å². The molecule has 1 aliphatic rings. The minimum absolute atomic E-state index is 0.0687. The van der Waals surface area contributed by atoms with Crippen LogP contribution in [0.2, 0.25) is 30.7 Å². The molecular formula is C25H31ClF2N4O3SSi. The lowest BCUT2D eigenvalue weighted by atomic mass is 10.1. The molecule has 0 bridgehead atoms. The van der Waals surface area contributed by atoms with Crippen LogP contribution in [0.5, 0.6) is 11.5 Å². The molecular weight excluding hydrogens is 538 g/mol. The first kappa shape index (κ1) is 27.7. The van der Waals surface area contributed by atoms with E-state index in [1.807, 2.05) is 0 Å². The van der Waals surface area contributed by atoms with Crippen molar-refractivity contribution in [3.05, 3.63) is 47.2 Å². The predicted octanol–water partition coefficient (Wildman–Crippen LogP) is 6.13. The molecule has 0 atom stereocenters. The fourth-order valence-corrected chi connectivity index (χ4v) is 4.96. The lowest BCUT2D eigenvalue weighted by Crippen LogP contribution is -2.34. The van der Waals surface area contributed by atoms with Crippen molar-refractivity contribution in [1.82, 2.24) is 14.9 Å². The minimum atomic E-state index is -1.22. The van der Waals surface area contributed by atoms with E-state index in [1.165, 1.54) is 12.3 Å². The van der Waals surface area contributed by atoms with Crippen molar-refractivity contribution < 1.29 is 23.4 Å². The number of ether oxygens (including phenoxy) is 2. The molecule has 200 valence electrons. The molecule has 2 heterocycles. The van der Waals surface area contributed by atoms with Crippen molar-refractivity contribution in [2.75, 3.05) is 25.1 Å². The Morgan fingerprint density at radius 1 is 1.27 bits per heavy atom. The van der Waals surface area contributed by atoms with Gasteiger partial charge in [-0.2, -0.15) is 0 Å². The number of aliphatic hydroxyl groups excluding tert-OH is 1. The summed E-state index contributed by atoms with van der Waals surface area (Å²) in [5, 5.41) is 16.1. The zero-order valence-corrected chi connectivity index (χ0v) is 23.6. The summed E-state index contributed by atoms with van der Waals surface area (Å²) in [7, 11) is -1.22. The van der Waals surface area contributed by atoms with E-state index < -0.39 is 25.5 Å². The molecule has 0 saturated heterocycles. The highest BCUT2D eigenvalue weighted by molar-refractivity contribution is 7.80. The van der Waals surface area contributed by atoms with Crippen LogP contribution in [0.4, 0.5) is 14.5 Å².